The summed E-state index contributed by atoms with van der Waals surface area (Å²) in [5, 5.41) is 0. The van der Waals surface area contributed by atoms with Gasteiger partial charge in [-0.15, -0.1) is 0 Å². The Labute approximate surface area is 167 Å². The number of fused-ring (bicyclic) bond motifs is 1. The Morgan fingerprint density at radius 1 is 1.11 bits per heavy atom. The minimum atomic E-state index is -0.326. The zero-order valence-corrected chi connectivity index (χ0v) is 16.8. The average molecular weight is 386 g/mol. The number of carbonyl (C=O) groups is 2. The summed E-state index contributed by atoms with van der Waals surface area (Å²) in [5.74, 6) is 0.532. The van der Waals surface area contributed by atoms with Crippen LogP contribution in [0.3, 0.4) is 0 Å². The molecular weight excluding hydrogens is 354 g/mol. The number of piperidine rings is 1. The van der Waals surface area contributed by atoms with E-state index < -0.39 is 0 Å². The van der Waals surface area contributed by atoms with E-state index in [9.17, 15) is 9.59 Å². The van der Waals surface area contributed by atoms with Crippen molar-refractivity contribution in [1.82, 2.24) is 9.80 Å². The van der Waals surface area contributed by atoms with Crippen molar-refractivity contribution in [2.75, 3.05) is 57.9 Å². The second-order valence-corrected chi connectivity index (χ2v) is 8.28. The van der Waals surface area contributed by atoms with Crippen molar-refractivity contribution in [2.24, 2.45) is 5.92 Å². The molecule has 1 aromatic rings. The van der Waals surface area contributed by atoms with E-state index in [0.29, 0.717) is 12.3 Å². The molecule has 1 unspecified atom stereocenters. The van der Waals surface area contributed by atoms with Crippen LogP contribution in [-0.4, -0.2) is 74.6 Å². The van der Waals surface area contributed by atoms with E-state index in [1.165, 1.54) is 6.42 Å². The molecule has 2 fully saturated rings. The number of morpholine rings is 1. The van der Waals surface area contributed by atoms with E-state index in [0.717, 1.165) is 70.0 Å². The second kappa shape index (κ2) is 8.62. The number of ether oxygens (including phenoxy) is 1. The van der Waals surface area contributed by atoms with Crippen LogP contribution in [0.2, 0.25) is 0 Å². The summed E-state index contributed by atoms with van der Waals surface area (Å²) in [6.07, 6.45) is 3.65. The summed E-state index contributed by atoms with van der Waals surface area (Å²) in [6, 6.07) is 7.82. The molecule has 0 N–H and O–H groups in total. The fraction of sp³-hybridized carbons (Fsp3) is 0.636. The summed E-state index contributed by atoms with van der Waals surface area (Å²) in [6.45, 7) is 6.58. The molecule has 6 nitrogen and oxygen atoms in total. The number of hydrogen-bond acceptors (Lipinski definition) is 4. The number of likely N-dealkylation sites (N-methyl/N-ethyl adjacent to an activating group) is 1. The first kappa shape index (κ1) is 19.4. The zero-order chi connectivity index (χ0) is 19.5. The number of anilines is 1. The molecule has 2 saturated heterocycles. The lowest BCUT2D eigenvalue weighted by Gasteiger charge is -2.34. The van der Waals surface area contributed by atoms with Crippen molar-refractivity contribution in [2.45, 2.75) is 31.6 Å². The minimum absolute atomic E-state index is 0.0370. The van der Waals surface area contributed by atoms with Crippen LogP contribution in [0.1, 0.15) is 37.2 Å². The smallest absolute Gasteiger partial charge is 0.234 e. The molecule has 0 spiro atoms. The van der Waals surface area contributed by atoms with Gasteiger partial charge in [-0.3, -0.25) is 14.5 Å². The van der Waals surface area contributed by atoms with Gasteiger partial charge in [-0.2, -0.15) is 0 Å². The SMILES string of the molecule is CN1C(=O)C(CC(=O)N2CCC(CCN3CCOCC3)CC2)c2ccccc21. The van der Waals surface area contributed by atoms with Gasteiger partial charge in [0.1, 0.15) is 0 Å². The Morgan fingerprint density at radius 2 is 1.82 bits per heavy atom. The molecule has 3 heterocycles. The fourth-order valence-electron chi connectivity index (χ4n) is 4.74. The third-order valence-corrected chi connectivity index (χ3v) is 6.61. The van der Waals surface area contributed by atoms with Crippen molar-refractivity contribution in [1.29, 1.82) is 0 Å². The predicted molar refractivity (Wildman–Crippen MR) is 108 cm³/mol. The molecule has 6 heteroatoms. The van der Waals surface area contributed by atoms with E-state index in [4.69, 9.17) is 4.74 Å². The van der Waals surface area contributed by atoms with Crippen LogP contribution in [0, 0.1) is 5.92 Å². The largest absolute Gasteiger partial charge is 0.379 e. The quantitative estimate of drug-likeness (QED) is 0.779. The van der Waals surface area contributed by atoms with Crippen molar-refractivity contribution < 1.29 is 14.3 Å². The zero-order valence-electron chi connectivity index (χ0n) is 16.8. The van der Waals surface area contributed by atoms with Crippen LogP contribution in [0.25, 0.3) is 0 Å². The number of benzene rings is 1. The lowest BCUT2D eigenvalue weighted by molar-refractivity contribution is -0.135. The molecule has 3 aliphatic rings. The lowest BCUT2D eigenvalue weighted by atomic mass is 9.92. The highest BCUT2D eigenvalue weighted by molar-refractivity contribution is 6.06. The molecule has 0 aromatic heterocycles. The fourth-order valence-corrected chi connectivity index (χ4v) is 4.74. The first-order chi connectivity index (χ1) is 13.6. The Morgan fingerprint density at radius 3 is 2.57 bits per heavy atom. The van der Waals surface area contributed by atoms with E-state index >= 15 is 0 Å². The summed E-state index contributed by atoms with van der Waals surface area (Å²) in [4.78, 5) is 31.6. The van der Waals surface area contributed by atoms with Gasteiger partial charge in [-0.1, -0.05) is 18.2 Å². The van der Waals surface area contributed by atoms with Crippen LogP contribution >= 0.6 is 0 Å². The van der Waals surface area contributed by atoms with Gasteiger partial charge in [0.2, 0.25) is 11.8 Å². The average Bonchev–Trinajstić information content (AvgIpc) is 2.98. The maximum Gasteiger partial charge on any atom is 0.234 e. The first-order valence-electron chi connectivity index (χ1n) is 10.6. The number of nitrogens with zero attached hydrogens (tertiary/aromatic N) is 3. The molecule has 0 aliphatic carbocycles. The number of amides is 2. The number of para-hydroxylation sites is 1. The maximum atomic E-state index is 12.9. The number of rotatable bonds is 5. The molecule has 0 bridgehead atoms. The van der Waals surface area contributed by atoms with Gasteiger partial charge < -0.3 is 14.5 Å². The van der Waals surface area contributed by atoms with E-state index in [1.807, 2.05) is 29.2 Å². The molecule has 1 aromatic carbocycles. The van der Waals surface area contributed by atoms with Crippen LogP contribution in [-0.2, 0) is 14.3 Å². The molecule has 28 heavy (non-hydrogen) atoms. The van der Waals surface area contributed by atoms with Crippen molar-refractivity contribution in [3.63, 3.8) is 0 Å². The predicted octanol–water partition coefficient (Wildman–Crippen LogP) is 2.10. The highest BCUT2D eigenvalue weighted by Gasteiger charge is 2.37. The Balaban J connectivity index is 1.26. The van der Waals surface area contributed by atoms with Crippen LogP contribution < -0.4 is 4.90 Å². The molecule has 3 aliphatic heterocycles. The second-order valence-electron chi connectivity index (χ2n) is 8.28. The standard InChI is InChI=1S/C22H31N3O3/c1-23-20-5-3-2-4-18(20)19(22(23)27)16-21(26)25-10-7-17(8-11-25)6-9-24-12-14-28-15-13-24/h2-5,17,19H,6-16H2,1H3. The molecule has 152 valence electrons. The third kappa shape index (κ3) is 4.08. The van der Waals surface area contributed by atoms with Gasteiger partial charge in [-0.05, 0) is 43.4 Å². The summed E-state index contributed by atoms with van der Waals surface area (Å²) in [5.41, 5.74) is 1.93. The molecule has 1 atom stereocenters. The number of carbonyl (C=O) groups excluding carboxylic acids is 2. The van der Waals surface area contributed by atoms with Crippen molar-refractivity contribution in [3.8, 4) is 0 Å². The topological polar surface area (TPSA) is 53.1 Å². The van der Waals surface area contributed by atoms with E-state index in [1.54, 1.807) is 11.9 Å². The molecule has 4 rings (SSSR count). The maximum absolute atomic E-state index is 12.9. The lowest BCUT2D eigenvalue weighted by Crippen LogP contribution is -2.41. The number of likely N-dealkylation sites (tertiary alicyclic amines) is 1. The molecule has 2 amide bonds. The highest BCUT2D eigenvalue weighted by Crippen LogP contribution is 2.38. The van der Waals surface area contributed by atoms with Gasteiger partial charge in [0.05, 0.1) is 19.1 Å². The normalized spacial score (nSPS) is 23.9. The molecular formula is C22H31N3O3. The van der Waals surface area contributed by atoms with Gasteiger partial charge in [0.25, 0.3) is 0 Å². The van der Waals surface area contributed by atoms with Gasteiger partial charge in [0.15, 0.2) is 0 Å². The third-order valence-electron chi connectivity index (χ3n) is 6.61. The van der Waals surface area contributed by atoms with Gasteiger partial charge in [-0.25, -0.2) is 0 Å². The van der Waals surface area contributed by atoms with Crippen LogP contribution in [0.4, 0.5) is 5.69 Å². The Bertz CT molecular complexity index is 709. The molecule has 0 radical (unpaired) electrons. The molecule has 0 saturated carbocycles. The van der Waals surface area contributed by atoms with Crippen LogP contribution in [0.15, 0.2) is 24.3 Å². The summed E-state index contributed by atoms with van der Waals surface area (Å²) in [7, 11) is 1.80. The van der Waals surface area contributed by atoms with E-state index in [-0.39, 0.29) is 17.7 Å². The van der Waals surface area contributed by atoms with Gasteiger partial charge in [0, 0.05) is 45.3 Å². The number of hydrogen-bond donors (Lipinski definition) is 0. The van der Waals surface area contributed by atoms with E-state index in [2.05, 4.69) is 4.90 Å². The van der Waals surface area contributed by atoms with Crippen LogP contribution in [0.5, 0.6) is 0 Å². The highest BCUT2D eigenvalue weighted by atomic mass is 16.5. The van der Waals surface area contributed by atoms with Crippen molar-refractivity contribution in [3.05, 3.63) is 29.8 Å². The Kier molecular flexibility index (Phi) is 5.97. The Hall–Kier alpha value is -1.92. The monoisotopic (exact) mass is 385 g/mol. The summed E-state index contributed by atoms with van der Waals surface area (Å²) < 4.78 is 5.41. The van der Waals surface area contributed by atoms with Crippen molar-refractivity contribution >= 4 is 17.5 Å². The minimum Gasteiger partial charge on any atom is -0.379 e. The van der Waals surface area contributed by atoms with Gasteiger partial charge >= 0.3 is 0 Å². The summed E-state index contributed by atoms with van der Waals surface area (Å²) >= 11 is 0. The first-order valence-corrected chi connectivity index (χ1v) is 10.6.